The van der Waals surface area contributed by atoms with E-state index in [9.17, 15) is 0 Å². The Balaban J connectivity index is 3.05. The summed E-state index contributed by atoms with van der Waals surface area (Å²) in [5.41, 5.74) is 9.04. The van der Waals surface area contributed by atoms with Gasteiger partial charge < -0.3 is 0 Å². The molecule has 0 amide bonds. The summed E-state index contributed by atoms with van der Waals surface area (Å²) < 4.78 is 0. The fourth-order valence-electron chi connectivity index (χ4n) is 0.321. The van der Waals surface area contributed by atoms with E-state index >= 15 is 0 Å². The summed E-state index contributed by atoms with van der Waals surface area (Å²) >= 11 is 0. The van der Waals surface area contributed by atoms with Crippen LogP contribution < -0.4 is 5.73 Å². The summed E-state index contributed by atoms with van der Waals surface area (Å²) in [6.45, 7) is 0. The molecule has 1 rings (SSSR count). The van der Waals surface area contributed by atoms with Gasteiger partial charge in [0.05, 0.1) is 0 Å². The maximum Gasteiger partial charge on any atom is 0.101 e. The van der Waals surface area contributed by atoms with Gasteiger partial charge in [-0.05, 0) is 11.9 Å². The van der Waals surface area contributed by atoms with Crippen LogP contribution in [0.4, 0.5) is 5.42 Å². The summed E-state index contributed by atoms with van der Waals surface area (Å²) in [5, 5.41) is 0. The van der Waals surface area contributed by atoms with E-state index in [-0.39, 0.29) is 0 Å². The molecule has 1 unspecified atom stereocenters. The van der Waals surface area contributed by atoms with Gasteiger partial charge in [-0.2, -0.15) is 0 Å². The van der Waals surface area contributed by atoms with Crippen LogP contribution in [0.1, 0.15) is 0 Å². The van der Waals surface area contributed by atoms with Crippen LogP contribution in [0.25, 0.3) is 0 Å². The van der Waals surface area contributed by atoms with Crippen molar-refractivity contribution in [2.45, 2.75) is 0 Å². The molecule has 0 aliphatic rings. The van der Waals surface area contributed by atoms with Crippen LogP contribution in [0.5, 0.6) is 0 Å². The molecule has 30 valence electrons. The van der Waals surface area contributed by atoms with Crippen LogP contribution in [-0.2, 0) is 0 Å². The lowest BCUT2D eigenvalue weighted by molar-refractivity contribution is 1.60. The average molecular weight is 97.1 g/mol. The molecule has 2 radical (unpaired) electrons. The Morgan fingerprint density at radius 1 is 1.67 bits per heavy atom. The fourth-order valence-corrected chi connectivity index (χ4v) is 0.877. The van der Waals surface area contributed by atoms with Gasteiger partial charge in [0.1, 0.15) is 5.42 Å². The van der Waals surface area contributed by atoms with E-state index in [1.54, 1.807) is 6.07 Å². The van der Waals surface area contributed by atoms with Gasteiger partial charge in [-0.3, -0.25) is 0 Å². The van der Waals surface area contributed by atoms with E-state index in [1.165, 1.54) is 0 Å². The summed E-state index contributed by atoms with van der Waals surface area (Å²) in [7, 11) is 0.519. The second-order valence-corrected chi connectivity index (χ2v) is 2.19. The van der Waals surface area contributed by atoms with Crippen molar-refractivity contribution in [3.05, 3.63) is 17.9 Å². The van der Waals surface area contributed by atoms with Crippen molar-refractivity contribution in [1.29, 1.82) is 0 Å². The van der Waals surface area contributed by atoms with Crippen molar-refractivity contribution < 1.29 is 0 Å². The topological polar surface area (TPSA) is 22.3 Å². The van der Waals surface area contributed by atoms with Crippen molar-refractivity contribution >= 4 is 13.6 Å². The lowest BCUT2D eigenvalue weighted by Gasteiger charge is -1.62. The molecule has 0 aliphatic heterocycles. The van der Waals surface area contributed by atoms with E-state index in [2.05, 4.69) is 0 Å². The Morgan fingerprint density at radius 2 is 2.50 bits per heavy atom. The van der Waals surface area contributed by atoms with Crippen LogP contribution in [0.15, 0.2) is 17.9 Å². The maximum absolute atomic E-state index is 8.54. The molecule has 0 spiro atoms. The summed E-state index contributed by atoms with van der Waals surface area (Å²) in [6.07, 6.45) is 0. The van der Waals surface area contributed by atoms with Gasteiger partial charge in [-0.15, -0.1) is 13.9 Å². The van der Waals surface area contributed by atoms with Gasteiger partial charge in [0.25, 0.3) is 0 Å². The van der Waals surface area contributed by atoms with Crippen LogP contribution in [0.3, 0.4) is 0 Å². The lowest BCUT2D eigenvalue weighted by atomic mass is 10.6. The van der Waals surface area contributed by atoms with Crippen molar-refractivity contribution in [2.24, 2.45) is 0 Å². The van der Waals surface area contributed by atoms with Crippen molar-refractivity contribution in [2.75, 3.05) is 0 Å². The Labute approximate surface area is 38.3 Å². The zero-order chi connectivity index (χ0) is 4.41. The monoisotopic (exact) mass is 97.0 g/mol. The quantitative estimate of drug-likeness (QED) is 0.467. The summed E-state index contributed by atoms with van der Waals surface area (Å²) in [4.78, 5) is 0. The van der Waals surface area contributed by atoms with E-state index in [0.29, 0.717) is 13.6 Å². The highest BCUT2D eigenvalue weighted by Gasteiger charge is 1.77. The minimum Gasteiger partial charge on any atom is -0.146 e. The largest absolute Gasteiger partial charge is 0.146 e. The van der Waals surface area contributed by atoms with Gasteiger partial charge in [-0.25, -0.2) is 0 Å². The molecule has 2 heteroatoms. The molecular weight excluding hydrogens is 93.0 g/mol. The van der Waals surface area contributed by atoms with Crippen LogP contribution in [-0.4, -0.2) is 0 Å². The summed E-state index contributed by atoms with van der Waals surface area (Å²) in [5.74, 6) is 1.94. The van der Waals surface area contributed by atoms with Gasteiger partial charge in [0.2, 0.25) is 0 Å². The van der Waals surface area contributed by atoms with Gasteiger partial charge in [-0.1, -0.05) is 6.07 Å². The van der Waals surface area contributed by atoms with Gasteiger partial charge >= 0.3 is 0 Å². The Morgan fingerprint density at radius 3 is 2.67 bits per heavy atom. The SMILES string of the molecule is [N]c1ccc[pH]1. The molecule has 0 N–H and O–H groups in total. The smallest absolute Gasteiger partial charge is 0.101 e. The molecule has 0 aliphatic carbocycles. The van der Waals surface area contributed by atoms with E-state index < -0.39 is 0 Å². The molecule has 0 bridgehead atoms. The molecule has 1 aromatic rings. The van der Waals surface area contributed by atoms with Crippen molar-refractivity contribution in [1.82, 2.24) is 5.73 Å². The molecule has 1 heterocycles. The second-order valence-electron chi connectivity index (χ2n) is 1.06. The number of rotatable bonds is 0. The van der Waals surface area contributed by atoms with Crippen LogP contribution in [0, 0.1) is 0 Å². The van der Waals surface area contributed by atoms with Crippen molar-refractivity contribution in [3.63, 3.8) is 0 Å². The van der Waals surface area contributed by atoms with Gasteiger partial charge in [0, 0.05) is 0 Å². The molecule has 1 atom stereocenters. The Hall–Kier alpha value is -0.420. The first-order valence-electron chi connectivity index (χ1n) is 1.72. The molecule has 1 nitrogen and oxygen atoms in total. The number of nitrogens with zero attached hydrogens (tertiary/aromatic N) is 1. The molecule has 1 aromatic heterocycles. The van der Waals surface area contributed by atoms with Gasteiger partial charge in [0.15, 0.2) is 0 Å². The normalized spacial score (nSPS) is 10.0. The van der Waals surface area contributed by atoms with E-state index in [1.807, 2.05) is 11.9 Å². The van der Waals surface area contributed by atoms with Crippen molar-refractivity contribution in [3.8, 4) is 0 Å². The zero-order valence-corrected chi connectivity index (χ0v) is 4.18. The van der Waals surface area contributed by atoms with Crippen LogP contribution in [0.2, 0.25) is 0 Å². The molecule has 0 saturated carbocycles. The first-order valence-corrected chi connectivity index (χ1v) is 2.79. The van der Waals surface area contributed by atoms with E-state index in [4.69, 9.17) is 5.73 Å². The van der Waals surface area contributed by atoms with E-state index in [0.717, 1.165) is 0 Å². The highest BCUT2D eigenvalue weighted by atomic mass is 31.0. The molecule has 0 aromatic carbocycles. The second kappa shape index (κ2) is 1.36. The summed E-state index contributed by atoms with van der Waals surface area (Å²) in [6, 6.07) is 3.56. The first kappa shape index (κ1) is 3.76. The third-order valence-corrected chi connectivity index (χ3v) is 1.40. The standard InChI is InChI=1S/C4H4NP/c5-4-2-1-3-6-4/h1-3,6H. The predicted molar refractivity (Wildman–Crippen MR) is 27.7 cm³/mol. The molecular formula is C4H4NP. The molecule has 6 heavy (non-hydrogen) atoms. The highest BCUT2D eigenvalue weighted by molar-refractivity contribution is 7.33. The minimum absolute atomic E-state index is 0.495. The molecule has 0 saturated heterocycles. The lowest BCUT2D eigenvalue weighted by Crippen LogP contribution is -1.44. The highest BCUT2D eigenvalue weighted by Crippen LogP contribution is 2.17. The predicted octanol–water partition coefficient (Wildman–Crippen LogP) is 1.42. The fraction of sp³-hybridized carbons (Fsp3) is 0. The van der Waals surface area contributed by atoms with Crippen LogP contribution >= 0.6 is 8.19 Å². The molecule has 0 fully saturated rings. The number of hydrogen-bond acceptors (Lipinski definition) is 0. The maximum atomic E-state index is 8.54. The Kier molecular flexibility index (Phi) is 0.849. The zero-order valence-electron chi connectivity index (χ0n) is 3.18. The third kappa shape index (κ3) is 0.550. The Bertz CT molecular complexity index is 111. The third-order valence-electron chi connectivity index (χ3n) is 0.582. The minimum atomic E-state index is 0.495. The average Bonchev–Trinajstić information content (AvgIpc) is 1.86. The number of hydrogen-bond donors (Lipinski definition) is 0. The first-order chi connectivity index (χ1) is 2.89.